The van der Waals surface area contributed by atoms with Gasteiger partial charge >= 0.3 is 0 Å². The van der Waals surface area contributed by atoms with Crippen LogP contribution >= 0.6 is 0 Å². The van der Waals surface area contributed by atoms with Gasteiger partial charge in [-0.05, 0) is 78.8 Å². The first-order valence-corrected chi connectivity index (χ1v) is 14.0. The second kappa shape index (κ2) is 15.7. The van der Waals surface area contributed by atoms with Crippen molar-refractivity contribution in [3.05, 3.63) is 0 Å². The normalized spacial score (nSPS) is 28.5. The number of hydrogen-bond donors (Lipinski definition) is 4. The van der Waals surface area contributed by atoms with Crippen LogP contribution in [0.5, 0.6) is 0 Å². The van der Waals surface area contributed by atoms with Gasteiger partial charge in [0.05, 0.1) is 24.4 Å². The molecule has 4 N–H and O–H groups in total. The van der Waals surface area contributed by atoms with Gasteiger partial charge in [0.15, 0.2) is 6.29 Å². The standard InChI is InChI=1S/C28H56N2O6/c1-10-25(29-8)28(7,34)27(33)22(6)30(9)16-20(4)14-23(32)24(12-11-18(2)17-31)36-26-15-19(3)13-21(5)35-26/h17-27,29,32-34H,10-16H2,1-9H3/t18?,19?,20-,21?,22?,23?,24-,25-,26?,27?,28-/m1/s1. The minimum absolute atomic E-state index is 0.0864. The number of aliphatic hydroxyl groups excluding tert-OH is 2. The van der Waals surface area contributed by atoms with Gasteiger partial charge in [-0.25, -0.2) is 0 Å². The van der Waals surface area contributed by atoms with Crippen molar-refractivity contribution in [1.82, 2.24) is 10.2 Å². The molecule has 1 saturated heterocycles. The van der Waals surface area contributed by atoms with Gasteiger partial charge < -0.3 is 39.8 Å². The van der Waals surface area contributed by atoms with Gasteiger partial charge in [-0.1, -0.05) is 27.7 Å². The number of aldehydes is 1. The molecule has 0 aromatic rings. The molecular formula is C28H56N2O6. The van der Waals surface area contributed by atoms with Crippen LogP contribution in [-0.2, 0) is 14.3 Å². The van der Waals surface area contributed by atoms with Gasteiger partial charge in [-0.15, -0.1) is 0 Å². The van der Waals surface area contributed by atoms with Crippen LogP contribution in [0.2, 0.25) is 0 Å². The number of ether oxygens (including phenoxy) is 2. The Kier molecular flexibility index (Phi) is 14.6. The molecule has 1 aliphatic heterocycles. The lowest BCUT2D eigenvalue weighted by Gasteiger charge is -2.42. The Balaban J connectivity index is 2.78. The van der Waals surface area contributed by atoms with Crippen molar-refractivity contribution in [2.45, 2.75) is 135 Å². The fraction of sp³-hybridized carbons (Fsp3) is 0.964. The molecule has 1 fully saturated rings. The molecule has 8 heteroatoms. The van der Waals surface area contributed by atoms with E-state index in [2.05, 4.69) is 26.1 Å². The smallest absolute Gasteiger partial charge is 0.158 e. The molecule has 0 radical (unpaired) electrons. The number of hydrogen-bond acceptors (Lipinski definition) is 8. The molecule has 0 amide bonds. The first kappa shape index (κ1) is 33.4. The molecular weight excluding hydrogens is 460 g/mol. The lowest BCUT2D eigenvalue weighted by atomic mass is 9.84. The molecule has 1 aliphatic rings. The summed E-state index contributed by atoms with van der Waals surface area (Å²) in [5.74, 6) is 0.533. The van der Waals surface area contributed by atoms with Gasteiger partial charge in [0, 0.05) is 31.0 Å². The molecule has 7 unspecified atom stereocenters. The molecule has 36 heavy (non-hydrogen) atoms. The summed E-state index contributed by atoms with van der Waals surface area (Å²) in [4.78, 5) is 13.2. The van der Waals surface area contributed by atoms with E-state index in [-0.39, 0.29) is 36.3 Å². The zero-order valence-electron chi connectivity index (χ0n) is 24.3. The Morgan fingerprint density at radius 1 is 1.19 bits per heavy atom. The first-order valence-electron chi connectivity index (χ1n) is 14.0. The van der Waals surface area contributed by atoms with Gasteiger partial charge in [0.1, 0.15) is 11.9 Å². The van der Waals surface area contributed by atoms with E-state index in [9.17, 15) is 20.1 Å². The van der Waals surface area contributed by atoms with Crippen molar-refractivity contribution >= 4 is 6.29 Å². The average molecular weight is 517 g/mol. The van der Waals surface area contributed by atoms with E-state index in [1.807, 2.05) is 32.7 Å². The van der Waals surface area contributed by atoms with E-state index < -0.39 is 23.9 Å². The van der Waals surface area contributed by atoms with E-state index in [1.165, 1.54) is 0 Å². The number of carbonyl (C=O) groups excluding carboxylic acids is 1. The molecule has 0 bridgehead atoms. The summed E-state index contributed by atoms with van der Waals surface area (Å²) in [6.45, 7) is 14.4. The Labute approximate surface area is 220 Å². The maximum absolute atomic E-state index is 11.2. The summed E-state index contributed by atoms with van der Waals surface area (Å²) in [6.07, 6.45) is 2.95. The highest BCUT2D eigenvalue weighted by molar-refractivity contribution is 5.52. The highest BCUT2D eigenvalue weighted by atomic mass is 16.7. The van der Waals surface area contributed by atoms with Crippen LogP contribution in [0.15, 0.2) is 0 Å². The Morgan fingerprint density at radius 2 is 1.83 bits per heavy atom. The van der Waals surface area contributed by atoms with Gasteiger partial charge in [0.25, 0.3) is 0 Å². The molecule has 214 valence electrons. The van der Waals surface area contributed by atoms with E-state index in [0.717, 1.165) is 19.1 Å². The molecule has 0 aromatic heterocycles. The van der Waals surface area contributed by atoms with Crippen LogP contribution in [0.1, 0.15) is 87.0 Å². The summed E-state index contributed by atoms with van der Waals surface area (Å²) < 4.78 is 12.3. The number of nitrogens with zero attached hydrogens (tertiary/aromatic N) is 1. The highest BCUT2D eigenvalue weighted by Crippen LogP contribution is 2.29. The SMILES string of the molecule is CC[C@@H](NC)[C@@](C)(O)C(O)C(C)N(C)C[C@H](C)CC(O)[C@@H](CCC(C)C=O)OC1CC(C)CC(C)O1. The van der Waals surface area contributed by atoms with Crippen molar-refractivity contribution in [3.8, 4) is 0 Å². The highest BCUT2D eigenvalue weighted by Gasteiger charge is 2.41. The predicted octanol–water partition coefficient (Wildman–Crippen LogP) is 2.97. The minimum atomic E-state index is -1.28. The van der Waals surface area contributed by atoms with Crippen molar-refractivity contribution in [3.63, 3.8) is 0 Å². The summed E-state index contributed by atoms with van der Waals surface area (Å²) in [7, 11) is 3.73. The zero-order valence-corrected chi connectivity index (χ0v) is 24.3. The number of carbonyl (C=O) groups is 1. The molecule has 0 aliphatic carbocycles. The van der Waals surface area contributed by atoms with Gasteiger partial charge in [-0.3, -0.25) is 0 Å². The second-order valence-electron chi connectivity index (χ2n) is 11.8. The number of likely N-dealkylation sites (N-methyl/N-ethyl adjacent to an activating group) is 2. The van der Waals surface area contributed by atoms with Crippen LogP contribution in [0.4, 0.5) is 0 Å². The average Bonchev–Trinajstić information content (AvgIpc) is 2.80. The topological polar surface area (TPSA) is 111 Å². The fourth-order valence-corrected chi connectivity index (χ4v) is 5.63. The molecule has 8 nitrogen and oxygen atoms in total. The molecule has 0 spiro atoms. The quantitative estimate of drug-likeness (QED) is 0.218. The lowest BCUT2D eigenvalue weighted by Crippen LogP contribution is -2.60. The van der Waals surface area contributed by atoms with Gasteiger partial charge in [0.2, 0.25) is 0 Å². The first-order chi connectivity index (χ1) is 16.8. The van der Waals surface area contributed by atoms with Crippen LogP contribution in [0.25, 0.3) is 0 Å². The van der Waals surface area contributed by atoms with E-state index >= 15 is 0 Å². The van der Waals surface area contributed by atoms with Crippen LogP contribution in [0.3, 0.4) is 0 Å². The molecule has 1 rings (SSSR count). The third-order valence-electron chi connectivity index (χ3n) is 8.06. The monoisotopic (exact) mass is 516 g/mol. The van der Waals surface area contributed by atoms with Crippen molar-refractivity contribution in [2.24, 2.45) is 17.8 Å². The maximum Gasteiger partial charge on any atom is 0.158 e. The summed E-state index contributed by atoms with van der Waals surface area (Å²) in [5, 5.41) is 36.2. The number of nitrogens with one attached hydrogen (secondary N) is 1. The van der Waals surface area contributed by atoms with E-state index in [4.69, 9.17) is 9.47 Å². The number of rotatable bonds is 17. The van der Waals surface area contributed by atoms with Crippen molar-refractivity contribution < 1.29 is 29.6 Å². The van der Waals surface area contributed by atoms with E-state index in [0.29, 0.717) is 38.1 Å². The van der Waals surface area contributed by atoms with Crippen LogP contribution in [-0.4, -0.2) is 95.5 Å². The Morgan fingerprint density at radius 3 is 2.36 bits per heavy atom. The largest absolute Gasteiger partial charge is 0.390 e. The molecule has 0 aromatic carbocycles. The molecule has 1 heterocycles. The van der Waals surface area contributed by atoms with Crippen LogP contribution < -0.4 is 5.32 Å². The van der Waals surface area contributed by atoms with Crippen molar-refractivity contribution in [1.29, 1.82) is 0 Å². The minimum Gasteiger partial charge on any atom is -0.390 e. The third-order valence-corrected chi connectivity index (χ3v) is 8.06. The fourth-order valence-electron chi connectivity index (χ4n) is 5.63. The van der Waals surface area contributed by atoms with Crippen LogP contribution in [0, 0.1) is 17.8 Å². The Bertz CT molecular complexity index is 607. The van der Waals surface area contributed by atoms with Crippen molar-refractivity contribution in [2.75, 3.05) is 20.6 Å². The number of aliphatic hydroxyl groups is 3. The molecule has 0 saturated carbocycles. The second-order valence-corrected chi connectivity index (χ2v) is 11.8. The Hall–Kier alpha value is -0.610. The summed E-state index contributed by atoms with van der Waals surface area (Å²) >= 11 is 0. The van der Waals surface area contributed by atoms with Gasteiger partial charge in [-0.2, -0.15) is 0 Å². The summed E-state index contributed by atoms with van der Waals surface area (Å²) in [6, 6.07) is -0.497. The zero-order chi connectivity index (χ0) is 27.6. The van der Waals surface area contributed by atoms with E-state index in [1.54, 1.807) is 14.0 Å². The third kappa shape index (κ3) is 10.3. The molecule has 11 atom stereocenters. The maximum atomic E-state index is 11.2. The predicted molar refractivity (Wildman–Crippen MR) is 144 cm³/mol. The lowest BCUT2D eigenvalue weighted by molar-refractivity contribution is -0.236. The summed E-state index contributed by atoms with van der Waals surface area (Å²) in [5.41, 5.74) is -1.28.